The number of benzene rings is 1. The lowest BCUT2D eigenvalue weighted by atomic mass is 10.2. The zero-order valence-electron chi connectivity index (χ0n) is 11.1. The molecule has 0 aliphatic carbocycles. The van der Waals surface area contributed by atoms with Gasteiger partial charge in [-0.15, -0.1) is 0 Å². The summed E-state index contributed by atoms with van der Waals surface area (Å²) in [6.07, 6.45) is 0. The van der Waals surface area contributed by atoms with Crippen LogP contribution >= 0.6 is 0 Å². The van der Waals surface area contributed by atoms with E-state index in [1.54, 1.807) is 0 Å². The number of likely N-dealkylation sites (N-methyl/N-ethyl adjacent to an activating group) is 1. The molecule has 4 heteroatoms. The minimum absolute atomic E-state index is 0.179. The summed E-state index contributed by atoms with van der Waals surface area (Å²) in [7, 11) is 2.11. The van der Waals surface area contributed by atoms with E-state index in [2.05, 4.69) is 24.2 Å². The standard InChI is InChI=1S/C14H21N3O/c1-12-11-17(9-8-16(12)2)14(18)10-15-13-6-4-3-5-7-13/h3-7,12,15H,8-11H2,1-2H3. The van der Waals surface area contributed by atoms with Crippen LogP contribution in [-0.2, 0) is 4.79 Å². The molecule has 1 unspecified atom stereocenters. The Morgan fingerprint density at radius 2 is 2.06 bits per heavy atom. The molecule has 1 atom stereocenters. The number of carbonyl (C=O) groups excluding carboxylic acids is 1. The Kier molecular flexibility index (Phi) is 4.20. The molecule has 1 aliphatic heterocycles. The number of para-hydroxylation sites is 1. The zero-order chi connectivity index (χ0) is 13.0. The molecule has 1 aromatic carbocycles. The SMILES string of the molecule is CC1CN(C(=O)CNc2ccccc2)CCN1C. The summed E-state index contributed by atoms with van der Waals surface area (Å²) in [5, 5.41) is 3.16. The van der Waals surface area contributed by atoms with Crippen LogP contribution in [-0.4, -0.2) is 55.0 Å². The first-order chi connectivity index (χ1) is 8.66. The van der Waals surface area contributed by atoms with Gasteiger partial charge in [0.15, 0.2) is 0 Å². The molecule has 1 heterocycles. The van der Waals surface area contributed by atoms with Crippen LogP contribution in [0.25, 0.3) is 0 Å². The molecule has 1 amide bonds. The summed E-state index contributed by atoms with van der Waals surface area (Å²) < 4.78 is 0. The van der Waals surface area contributed by atoms with Crippen LogP contribution in [0.4, 0.5) is 5.69 Å². The Labute approximate surface area is 109 Å². The van der Waals surface area contributed by atoms with Gasteiger partial charge in [-0.25, -0.2) is 0 Å². The lowest BCUT2D eigenvalue weighted by Gasteiger charge is -2.37. The van der Waals surface area contributed by atoms with Crippen LogP contribution < -0.4 is 5.32 Å². The van der Waals surface area contributed by atoms with Gasteiger partial charge in [-0.05, 0) is 26.1 Å². The number of hydrogen-bond acceptors (Lipinski definition) is 3. The first-order valence-corrected chi connectivity index (χ1v) is 6.44. The highest BCUT2D eigenvalue weighted by Gasteiger charge is 2.23. The molecule has 1 aliphatic rings. The van der Waals surface area contributed by atoms with Crippen molar-refractivity contribution in [3.8, 4) is 0 Å². The number of carbonyl (C=O) groups is 1. The summed E-state index contributed by atoms with van der Waals surface area (Å²) in [6.45, 7) is 5.14. The minimum Gasteiger partial charge on any atom is -0.376 e. The van der Waals surface area contributed by atoms with Crippen LogP contribution in [0.3, 0.4) is 0 Å². The van der Waals surface area contributed by atoms with Gasteiger partial charge in [0.2, 0.25) is 5.91 Å². The van der Waals surface area contributed by atoms with Crippen LogP contribution in [0, 0.1) is 0 Å². The fourth-order valence-electron chi connectivity index (χ4n) is 2.12. The Balaban J connectivity index is 1.82. The van der Waals surface area contributed by atoms with Crippen molar-refractivity contribution in [1.82, 2.24) is 9.80 Å². The van der Waals surface area contributed by atoms with E-state index in [0.29, 0.717) is 12.6 Å². The third-order valence-corrected chi connectivity index (χ3v) is 3.53. The first-order valence-electron chi connectivity index (χ1n) is 6.44. The highest BCUT2D eigenvalue weighted by molar-refractivity contribution is 5.81. The van der Waals surface area contributed by atoms with E-state index >= 15 is 0 Å². The highest BCUT2D eigenvalue weighted by atomic mass is 16.2. The van der Waals surface area contributed by atoms with E-state index in [4.69, 9.17) is 0 Å². The molecule has 18 heavy (non-hydrogen) atoms. The van der Waals surface area contributed by atoms with E-state index in [1.807, 2.05) is 35.2 Å². The normalized spacial score (nSPS) is 20.8. The number of hydrogen-bond donors (Lipinski definition) is 1. The summed E-state index contributed by atoms with van der Waals surface area (Å²) >= 11 is 0. The first kappa shape index (κ1) is 12.9. The summed E-state index contributed by atoms with van der Waals surface area (Å²) in [4.78, 5) is 16.3. The van der Waals surface area contributed by atoms with Gasteiger partial charge in [0.1, 0.15) is 0 Å². The maximum atomic E-state index is 12.1. The molecular formula is C14H21N3O. The predicted molar refractivity (Wildman–Crippen MR) is 73.6 cm³/mol. The lowest BCUT2D eigenvalue weighted by molar-refractivity contribution is -0.131. The Hall–Kier alpha value is -1.55. The van der Waals surface area contributed by atoms with Crippen molar-refractivity contribution in [2.24, 2.45) is 0 Å². The van der Waals surface area contributed by atoms with Crippen LogP contribution in [0.5, 0.6) is 0 Å². The third-order valence-electron chi connectivity index (χ3n) is 3.53. The number of rotatable bonds is 3. The van der Waals surface area contributed by atoms with Crippen LogP contribution in [0.15, 0.2) is 30.3 Å². The van der Waals surface area contributed by atoms with Gasteiger partial charge >= 0.3 is 0 Å². The monoisotopic (exact) mass is 247 g/mol. The number of piperazine rings is 1. The van der Waals surface area contributed by atoms with E-state index < -0.39 is 0 Å². The van der Waals surface area contributed by atoms with Gasteiger partial charge in [0, 0.05) is 31.4 Å². The van der Waals surface area contributed by atoms with Crippen molar-refractivity contribution in [3.63, 3.8) is 0 Å². The van der Waals surface area contributed by atoms with Gasteiger partial charge < -0.3 is 15.1 Å². The highest BCUT2D eigenvalue weighted by Crippen LogP contribution is 2.08. The third kappa shape index (κ3) is 3.23. The Morgan fingerprint density at radius 3 is 2.72 bits per heavy atom. The molecule has 1 N–H and O–H groups in total. The second-order valence-electron chi connectivity index (χ2n) is 4.89. The van der Waals surface area contributed by atoms with Crippen molar-refractivity contribution in [2.75, 3.05) is 38.5 Å². The molecule has 0 radical (unpaired) electrons. The van der Waals surface area contributed by atoms with Gasteiger partial charge in [-0.1, -0.05) is 18.2 Å². The molecular weight excluding hydrogens is 226 g/mol. The summed E-state index contributed by atoms with van der Waals surface area (Å²) in [6, 6.07) is 10.3. The van der Waals surface area contributed by atoms with E-state index in [0.717, 1.165) is 25.3 Å². The van der Waals surface area contributed by atoms with E-state index in [9.17, 15) is 4.79 Å². The Bertz CT molecular complexity index is 393. The lowest BCUT2D eigenvalue weighted by Crippen LogP contribution is -2.53. The summed E-state index contributed by atoms with van der Waals surface area (Å²) in [5.41, 5.74) is 0.994. The van der Waals surface area contributed by atoms with Crippen molar-refractivity contribution in [1.29, 1.82) is 0 Å². The van der Waals surface area contributed by atoms with Crippen molar-refractivity contribution in [2.45, 2.75) is 13.0 Å². The van der Waals surface area contributed by atoms with Gasteiger partial charge in [-0.3, -0.25) is 4.79 Å². The number of nitrogens with one attached hydrogen (secondary N) is 1. The molecule has 0 aromatic heterocycles. The molecule has 0 bridgehead atoms. The molecule has 0 saturated carbocycles. The fourth-order valence-corrected chi connectivity index (χ4v) is 2.12. The molecule has 1 fully saturated rings. The van der Waals surface area contributed by atoms with Crippen molar-refractivity contribution >= 4 is 11.6 Å². The van der Waals surface area contributed by atoms with Gasteiger partial charge in [-0.2, -0.15) is 0 Å². The Morgan fingerprint density at radius 1 is 1.33 bits per heavy atom. The molecule has 98 valence electrons. The van der Waals surface area contributed by atoms with Crippen molar-refractivity contribution < 1.29 is 4.79 Å². The van der Waals surface area contributed by atoms with Crippen LogP contribution in [0.2, 0.25) is 0 Å². The molecule has 1 aromatic rings. The van der Waals surface area contributed by atoms with E-state index in [-0.39, 0.29) is 5.91 Å². The van der Waals surface area contributed by atoms with Gasteiger partial charge in [0.25, 0.3) is 0 Å². The average Bonchev–Trinajstić information content (AvgIpc) is 2.40. The fraction of sp³-hybridized carbons (Fsp3) is 0.500. The van der Waals surface area contributed by atoms with E-state index in [1.165, 1.54) is 0 Å². The largest absolute Gasteiger partial charge is 0.376 e. The molecule has 1 saturated heterocycles. The second kappa shape index (κ2) is 5.87. The number of amides is 1. The maximum Gasteiger partial charge on any atom is 0.241 e. The number of nitrogens with zero attached hydrogens (tertiary/aromatic N) is 2. The molecule has 0 spiro atoms. The van der Waals surface area contributed by atoms with Gasteiger partial charge in [0.05, 0.1) is 6.54 Å². The van der Waals surface area contributed by atoms with Crippen LogP contribution in [0.1, 0.15) is 6.92 Å². The quantitative estimate of drug-likeness (QED) is 0.873. The topological polar surface area (TPSA) is 35.6 Å². The second-order valence-corrected chi connectivity index (χ2v) is 4.89. The maximum absolute atomic E-state index is 12.1. The predicted octanol–water partition coefficient (Wildman–Crippen LogP) is 1.26. The number of anilines is 1. The van der Waals surface area contributed by atoms with Crippen molar-refractivity contribution in [3.05, 3.63) is 30.3 Å². The average molecular weight is 247 g/mol. The zero-order valence-corrected chi connectivity index (χ0v) is 11.1. The minimum atomic E-state index is 0.179. The molecule has 4 nitrogen and oxygen atoms in total. The smallest absolute Gasteiger partial charge is 0.241 e. The summed E-state index contributed by atoms with van der Waals surface area (Å²) in [5.74, 6) is 0.179. The molecule has 2 rings (SSSR count).